The molecule has 1 nitrogen and oxygen atoms in total. The second-order valence-electron chi connectivity index (χ2n) is 15.5. The Hall–Kier alpha value is -5.83. The van der Waals surface area contributed by atoms with Gasteiger partial charge < -0.3 is 4.90 Å². The fourth-order valence-corrected chi connectivity index (χ4v) is 10.7. The molecule has 1 heterocycles. The van der Waals surface area contributed by atoms with E-state index in [2.05, 4.69) is 214 Å². The molecule has 2 atom stereocenters. The summed E-state index contributed by atoms with van der Waals surface area (Å²) in [4.78, 5) is 3.81. The van der Waals surface area contributed by atoms with Crippen molar-refractivity contribution < 1.29 is 0 Å². The molecule has 54 heavy (non-hydrogen) atoms. The first kappa shape index (κ1) is 32.8. The van der Waals surface area contributed by atoms with E-state index in [1.54, 1.807) is 0 Å². The number of hydrogen-bond acceptors (Lipinski definition) is 2. The van der Waals surface area contributed by atoms with E-state index in [-0.39, 0.29) is 10.8 Å². The van der Waals surface area contributed by atoms with Gasteiger partial charge in [0.1, 0.15) is 0 Å². The minimum Gasteiger partial charge on any atom is -0.310 e. The van der Waals surface area contributed by atoms with E-state index < -0.39 is 0 Å². The summed E-state index contributed by atoms with van der Waals surface area (Å²) < 4.78 is 0. The molecule has 0 bridgehead atoms. The van der Waals surface area contributed by atoms with Crippen LogP contribution in [0.1, 0.15) is 43.0 Å². The van der Waals surface area contributed by atoms with E-state index in [1.807, 2.05) is 11.8 Å². The molecule has 1 aliphatic heterocycles. The highest BCUT2D eigenvalue weighted by Gasteiger charge is 2.45. The van der Waals surface area contributed by atoms with Gasteiger partial charge in [0.2, 0.25) is 0 Å². The molecule has 0 saturated carbocycles. The molecule has 2 aliphatic carbocycles. The van der Waals surface area contributed by atoms with Crippen molar-refractivity contribution in [2.24, 2.45) is 0 Å². The van der Waals surface area contributed by atoms with Crippen LogP contribution in [0, 0.1) is 0 Å². The average Bonchev–Trinajstić information content (AvgIpc) is 3.66. The van der Waals surface area contributed by atoms with Crippen LogP contribution in [0.15, 0.2) is 193 Å². The predicted octanol–water partition coefficient (Wildman–Crippen LogP) is 14.2. The monoisotopic (exact) mass is 711 g/mol. The van der Waals surface area contributed by atoms with E-state index >= 15 is 0 Å². The second-order valence-corrected chi connectivity index (χ2v) is 16.7. The molecule has 0 amide bonds. The Bertz CT molecular complexity index is 2610. The molecule has 0 aromatic heterocycles. The molecule has 0 spiro atoms. The van der Waals surface area contributed by atoms with E-state index in [4.69, 9.17) is 0 Å². The molecule has 0 saturated heterocycles. The smallest absolute Gasteiger partial charge is 0.0479 e. The van der Waals surface area contributed by atoms with Crippen molar-refractivity contribution in [2.75, 3.05) is 4.90 Å². The maximum atomic E-state index is 2.42. The standard InChI is InChI=1S/C52H41NS/c1-51(2)46-19-8-7-17-44(46)45-31-30-42(34-48(45)51)53(40-26-22-36(23-27-40)39-16-11-15-38(33-39)35-13-5-4-6-14-35)41-28-24-37(25-29-41)43-18-12-32-52(3)47-20-9-10-21-49(47)54-50(43)52/h4-34,50H,1-3H3. The number of benzene rings is 7. The van der Waals surface area contributed by atoms with Crippen LogP contribution >= 0.6 is 11.8 Å². The molecule has 0 N–H and O–H groups in total. The van der Waals surface area contributed by atoms with Gasteiger partial charge in [-0.15, -0.1) is 11.8 Å². The number of hydrogen-bond donors (Lipinski definition) is 0. The molecule has 0 fully saturated rings. The predicted molar refractivity (Wildman–Crippen MR) is 230 cm³/mol. The SMILES string of the molecule is CC1(C)c2ccccc2-c2ccc(N(c3ccc(C4=CC=CC5(C)c6ccccc6SC45)cc3)c3ccc(-c4cccc(-c5ccccc5)c4)cc3)cc21. The highest BCUT2D eigenvalue weighted by Crippen LogP contribution is 2.56. The van der Waals surface area contributed by atoms with Gasteiger partial charge in [-0.2, -0.15) is 0 Å². The summed E-state index contributed by atoms with van der Waals surface area (Å²) in [5.41, 5.74) is 17.7. The fourth-order valence-electron chi connectivity index (χ4n) is 9.05. The second kappa shape index (κ2) is 12.6. The van der Waals surface area contributed by atoms with Gasteiger partial charge >= 0.3 is 0 Å². The van der Waals surface area contributed by atoms with Gasteiger partial charge in [-0.3, -0.25) is 0 Å². The molecule has 0 radical (unpaired) electrons. The van der Waals surface area contributed by atoms with Gasteiger partial charge in [0.15, 0.2) is 0 Å². The Morgan fingerprint density at radius 3 is 1.78 bits per heavy atom. The summed E-state index contributed by atoms with van der Waals surface area (Å²) in [5.74, 6) is 0. The summed E-state index contributed by atoms with van der Waals surface area (Å²) in [5, 5.41) is 0.343. The molecule has 10 rings (SSSR count). The Kier molecular flexibility index (Phi) is 7.68. The lowest BCUT2D eigenvalue weighted by Crippen LogP contribution is -2.31. The number of allylic oxidation sites excluding steroid dienone is 3. The molecule has 260 valence electrons. The van der Waals surface area contributed by atoms with Gasteiger partial charge in [-0.05, 0) is 110 Å². The molecule has 2 heteroatoms. The maximum Gasteiger partial charge on any atom is 0.0479 e. The zero-order valence-corrected chi connectivity index (χ0v) is 31.6. The first-order valence-corrected chi connectivity index (χ1v) is 19.8. The Morgan fingerprint density at radius 2 is 1.04 bits per heavy atom. The largest absolute Gasteiger partial charge is 0.310 e. The Morgan fingerprint density at radius 1 is 0.463 bits per heavy atom. The maximum absolute atomic E-state index is 2.42. The number of anilines is 3. The Balaban J connectivity index is 1.04. The third kappa shape index (κ3) is 5.23. The van der Waals surface area contributed by atoms with Crippen LogP contribution in [-0.4, -0.2) is 5.25 Å². The number of nitrogens with zero attached hydrogens (tertiary/aromatic N) is 1. The third-order valence-corrected chi connectivity index (χ3v) is 13.6. The van der Waals surface area contributed by atoms with Gasteiger partial charge in [0.05, 0.1) is 0 Å². The first-order valence-electron chi connectivity index (χ1n) is 18.9. The van der Waals surface area contributed by atoms with E-state index in [0.717, 1.165) is 17.1 Å². The number of fused-ring (bicyclic) bond motifs is 6. The van der Waals surface area contributed by atoms with Gasteiger partial charge in [-0.25, -0.2) is 0 Å². The quantitative estimate of drug-likeness (QED) is 0.169. The molecular weight excluding hydrogens is 671 g/mol. The van der Waals surface area contributed by atoms with Crippen LogP contribution in [-0.2, 0) is 10.8 Å². The van der Waals surface area contributed by atoms with Crippen LogP contribution in [0.3, 0.4) is 0 Å². The van der Waals surface area contributed by atoms with Crippen LogP contribution in [0.25, 0.3) is 39.0 Å². The summed E-state index contributed by atoms with van der Waals surface area (Å²) in [7, 11) is 0. The molecule has 7 aromatic rings. The lowest BCUT2D eigenvalue weighted by Gasteiger charge is -2.33. The summed E-state index contributed by atoms with van der Waals surface area (Å²) in [6, 6.07) is 62.7. The van der Waals surface area contributed by atoms with Crippen molar-refractivity contribution in [3.63, 3.8) is 0 Å². The van der Waals surface area contributed by atoms with Crippen molar-refractivity contribution in [1.29, 1.82) is 0 Å². The average molecular weight is 712 g/mol. The number of rotatable bonds is 6. The van der Waals surface area contributed by atoms with Crippen molar-refractivity contribution in [1.82, 2.24) is 0 Å². The van der Waals surface area contributed by atoms with E-state index in [9.17, 15) is 0 Å². The number of thioether (sulfide) groups is 1. The lowest BCUT2D eigenvalue weighted by molar-refractivity contribution is 0.628. The topological polar surface area (TPSA) is 3.24 Å². The van der Waals surface area contributed by atoms with Crippen LogP contribution in [0.4, 0.5) is 17.1 Å². The third-order valence-electron chi connectivity index (χ3n) is 12.0. The molecule has 2 unspecified atom stereocenters. The minimum absolute atomic E-state index is 0.0206. The minimum atomic E-state index is -0.0881. The molecule has 3 aliphatic rings. The van der Waals surface area contributed by atoms with E-state index in [1.165, 1.54) is 66.1 Å². The zero-order valence-electron chi connectivity index (χ0n) is 30.8. The normalized spacial score (nSPS) is 18.6. The van der Waals surface area contributed by atoms with Crippen molar-refractivity contribution in [3.05, 3.63) is 210 Å². The highest BCUT2D eigenvalue weighted by molar-refractivity contribution is 8.00. The van der Waals surface area contributed by atoms with Crippen LogP contribution in [0.5, 0.6) is 0 Å². The Labute approximate surface area is 323 Å². The van der Waals surface area contributed by atoms with Gasteiger partial charge in [0, 0.05) is 38.0 Å². The summed E-state index contributed by atoms with van der Waals surface area (Å²) in [6.07, 6.45) is 6.98. The molecular formula is C52H41NS. The zero-order chi connectivity index (χ0) is 36.4. The summed E-state index contributed by atoms with van der Waals surface area (Å²) in [6.45, 7) is 7.11. The fraction of sp³-hybridized carbons (Fsp3) is 0.115. The van der Waals surface area contributed by atoms with Crippen molar-refractivity contribution in [3.8, 4) is 33.4 Å². The van der Waals surface area contributed by atoms with Gasteiger partial charge in [-0.1, -0.05) is 160 Å². The van der Waals surface area contributed by atoms with Crippen molar-refractivity contribution in [2.45, 2.75) is 41.7 Å². The first-order chi connectivity index (χ1) is 26.4. The van der Waals surface area contributed by atoms with E-state index in [0.29, 0.717) is 5.25 Å². The lowest BCUT2D eigenvalue weighted by atomic mass is 9.73. The summed E-state index contributed by atoms with van der Waals surface area (Å²) >= 11 is 2.00. The van der Waals surface area contributed by atoms with Gasteiger partial charge in [0.25, 0.3) is 0 Å². The van der Waals surface area contributed by atoms with Crippen LogP contribution in [0.2, 0.25) is 0 Å². The van der Waals surface area contributed by atoms with Crippen LogP contribution < -0.4 is 4.90 Å². The molecule has 7 aromatic carbocycles. The highest BCUT2D eigenvalue weighted by atomic mass is 32.2. The van der Waals surface area contributed by atoms with Crippen molar-refractivity contribution >= 4 is 34.4 Å².